The first kappa shape index (κ1) is 14.7. The summed E-state index contributed by atoms with van der Waals surface area (Å²) in [6.45, 7) is 2.90. The molecule has 2 heterocycles. The van der Waals surface area contributed by atoms with E-state index in [0.29, 0.717) is 12.0 Å². The zero-order chi connectivity index (χ0) is 14.7. The largest absolute Gasteiger partial charge is 0.381 e. The first-order valence-corrected chi connectivity index (χ1v) is 8.09. The van der Waals surface area contributed by atoms with E-state index in [-0.39, 0.29) is 0 Å². The van der Waals surface area contributed by atoms with E-state index in [9.17, 15) is 0 Å². The fourth-order valence-electron chi connectivity index (χ4n) is 3.22. The number of hydrogen-bond donors (Lipinski definition) is 1. The first-order chi connectivity index (χ1) is 10.2. The molecule has 1 aromatic heterocycles. The van der Waals surface area contributed by atoms with E-state index in [4.69, 9.17) is 10.5 Å². The van der Waals surface area contributed by atoms with Gasteiger partial charge in [0.2, 0.25) is 0 Å². The lowest BCUT2D eigenvalue weighted by Crippen LogP contribution is -2.35. The second-order valence-electron chi connectivity index (χ2n) is 6.50. The Morgan fingerprint density at radius 1 is 1.29 bits per heavy atom. The molecule has 0 spiro atoms. The van der Waals surface area contributed by atoms with Gasteiger partial charge in [0.1, 0.15) is 12.1 Å². The third-order valence-corrected chi connectivity index (χ3v) is 4.87. The maximum Gasteiger partial charge on any atom is 0.131 e. The minimum absolute atomic E-state index is 0.361. The van der Waals surface area contributed by atoms with Crippen LogP contribution >= 0.6 is 0 Å². The Balaban J connectivity index is 1.54. The highest BCUT2D eigenvalue weighted by molar-refractivity contribution is 5.39. The van der Waals surface area contributed by atoms with Crippen LogP contribution in [0.2, 0.25) is 0 Å². The number of ether oxygens (including phenoxy) is 1. The van der Waals surface area contributed by atoms with Crippen LogP contribution in [0.5, 0.6) is 0 Å². The van der Waals surface area contributed by atoms with E-state index in [1.54, 1.807) is 6.33 Å². The summed E-state index contributed by atoms with van der Waals surface area (Å²) in [6, 6.07) is 2.50. The molecule has 5 heteroatoms. The fraction of sp³-hybridized carbons (Fsp3) is 0.750. The van der Waals surface area contributed by atoms with Crippen molar-refractivity contribution < 1.29 is 4.74 Å². The SMILES string of the molecule is CN(CCC1CCOCC1)c1cc(C2CC(N)C2)ncn1. The van der Waals surface area contributed by atoms with E-state index in [1.807, 2.05) is 0 Å². The number of hydrogen-bond acceptors (Lipinski definition) is 5. The van der Waals surface area contributed by atoms with Crippen LogP contribution < -0.4 is 10.6 Å². The predicted octanol–water partition coefficient (Wildman–Crippen LogP) is 1.93. The summed E-state index contributed by atoms with van der Waals surface area (Å²) < 4.78 is 5.42. The van der Waals surface area contributed by atoms with E-state index in [2.05, 4.69) is 28.0 Å². The monoisotopic (exact) mass is 290 g/mol. The van der Waals surface area contributed by atoms with E-state index in [1.165, 1.54) is 19.3 Å². The Hall–Kier alpha value is -1.20. The van der Waals surface area contributed by atoms with Gasteiger partial charge in [-0.1, -0.05) is 0 Å². The van der Waals surface area contributed by atoms with Gasteiger partial charge in [-0.3, -0.25) is 0 Å². The van der Waals surface area contributed by atoms with Gasteiger partial charge in [0.05, 0.1) is 0 Å². The van der Waals surface area contributed by atoms with E-state index < -0.39 is 0 Å². The first-order valence-electron chi connectivity index (χ1n) is 8.09. The number of aromatic nitrogens is 2. The summed E-state index contributed by atoms with van der Waals surface area (Å²) in [5.74, 6) is 2.37. The molecule has 0 unspecified atom stereocenters. The molecule has 1 saturated heterocycles. The minimum atomic E-state index is 0.361. The number of nitrogens with zero attached hydrogens (tertiary/aromatic N) is 3. The number of anilines is 1. The van der Waals surface area contributed by atoms with Crippen molar-refractivity contribution in [3.05, 3.63) is 18.1 Å². The Morgan fingerprint density at radius 3 is 2.76 bits per heavy atom. The van der Waals surface area contributed by atoms with Crippen LogP contribution in [0.3, 0.4) is 0 Å². The normalized spacial score (nSPS) is 26.4. The topological polar surface area (TPSA) is 64.3 Å². The Kier molecular flexibility index (Phi) is 4.70. The smallest absolute Gasteiger partial charge is 0.131 e. The Bertz CT molecular complexity index is 455. The van der Waals surface area contributed by atoms with E-state index in [0.717, 1.165) is 50.0 Å². The molecule has 0 amide bonds. The van der Waals surface area contributed by atoms with Crippen molar-refractivity contribution in [2.75, 3.05) is 31.7 Å². The van der Waals surface area contributed by atoms with Gasteiger partial charge in [-0.25, -0.2) is 9.97 Å². The summed E-state index contributed by atoms with van der Waals surface area (Å²) in [7, 11) is 2.12. The van der Waals surface area contributed by atoms with Crippen LogP contribution in [0.15, 0.2) is 12.4 Å². The van der Waals surface area contributed by atoms with Crippen molar-refractivity contribution in [1.29, 1.82) is 0 Å². The van der Waals surface area contributed by atoms with Gasteiger partial charge in [-0.15, -0.1) is 0 Å². The van der Waals surface area contributed by atoms with Crippen molar-refractivity contribution in [3.8, 4) is 0 Å². The number of rotatable bonds is 5. The van der Waals surface area contributed by atoms with Crippen LogP contribution in [-0.2, 0) is 4.74 Å². The average molecular weight is 290 g/mol. The molecule has 1 aromatic rings. The van der Waals surface area contributed by atoms with Crippen molar-refractivity contribution in [2.45, 2.75) is 44.1 Å². The summed E-state index contributed by atoms with van der Waals surface area (Å²) in [6.07, 6.45) is 7.42. The lowest BCUT2D eigenvalue weighted by atomic mass is 9.78. The zero-order valence-electron chi connectivity index (χ0n) is 12.9. The second kappa shape index (κ2) is 6.71. The van der Waals surface area contributed by atoms with Crippen LogP contribution in [0.1, 0.15) is 43.7 Å². The molecule has 5 nitrogen and oxygen atoms in total. The van der Waals surface area contributed by atoms with Gasteiger partial charge in [0, 0.05) is 50.5 Å². The van der Waals surface area contributed by atoms with Crippen molar-refractivity contribution in [1.82, 2.24) is 9.97 Å². The summed E-state index contributed by atoms with van der Waals surface area (Å²) in [5, 5.41) is 0. The minimum Gasteiger partial charge on any atom is -0.381 e. The van der Waals surface area contributed by atoms with Gasteiger partial charge in [-0.2, -0.15) is 0 Å². The molecule has 2 fully saturated rings. The molecule has 0 bridgehead atoms. The lowest BCUT2D eigenvalue weighted by Gasteiger charge is -2.32. The highest BCUT2D eigenvalue weighted by Crippen LogP contribution is 2.35. The predicted molar refractivity (Wildman–Crippen MR) is 83.4 cm³/mol. The Morgan fingerprint density at radius 2 is 2.05 bits per heavy atom. The number of nitrogens with two attached hydrogens (primary N) is 1. The van der Waals surface area contributed by atoms with Crippen LogP contribution in [0.25, 0.3) is 0 Å². The third-order valence-electron chi connectivity index (χ3n) is 4.87. The molecule has 1 aliphatic carbocycles. The van der Waals surface area contributed by atoms with Gasteiger partial charge in [0.25, 0.3) is 0 Å². The molecular formula is C16H26N4O. The molecule has 0 aromatic carbocycles. The van der Waals surface area contributed by atoms with Gasteiger partial charge >= 0.3 is 0 Å². The molecule has 1 aliphatic heterocycles. The van der Waals surface area contributed by atoms with Gasteiger partial charge in [-0.05, 0) is 38.0 Å². The standard InChI is InChI=1S/C16H26N4O/c1-20(5-2-12-3-6-21-7-4-12)16-10-15(18-11-19-16)13-8-14(17)9-13/h10-14H,2-9,17H2,1H3. The van der Waals surface area contributed by atoms with E-state index >= 15 is 0 Å². The van der Waals surface area contributed by atoms with Crippen LogP contribution in [-0.4, -0.2) is 42.8 Å². The molecule has 0 atom stereocenters. The quantitative estimate of drug-likeness (QED) is 0.897. The molecule has 21 heavy (non-hydrogen) atoms. The third kappa shape index (κ3) is 3.71. The van der Waals surface area contributed by atoms with Crippen molar-refractivity contribution in [2.24, 2.45) is 11.7 Å². The summed E-state index contributed by atoms with van der Waals surface area (Å²) in [5.41, 5.74) is 7.02. The lowest BCUT2D eigenvalue weighted by molar-refractivity contribution is 0.0645. The molecule has 2 aliphatic rings. The molecular weight excluding hydrogens is 264 g/mol. The Labute approximate surface area is 126 Å². The van der Waals surface area contributed by atoms with Crippen molar-refractivity contribution in [3.63, 3.8) is 0 Å². The molecule has 1 saturated carbocycles. The maximum absolute atomic E-state index is 5.87. The summed E-state index contributed by atoms with van der Waals surface area (Å²) >= 11 is 0. The van der Waals surface area contributed by atoms with Gasteiger partial charge in [0.15, 0.2) is 0 Å². The maximum atomic E-state index is 5.87. The summed E-state index contributed by atoms with van der Waals surface area (Å²) in [4.78, 5) is 11.1. The highest BCUT2D eigenvalue weighted by atomic mass is 16.5. The fourth-order valence-corrected chi connectivity index (χ4v) is 3.22. The van der Waals surface area contributed by atoms with Crippen LogP contribution in [0.4, 0.5) is 5.82 Å². The molecule has 0 radical (unpaired) electrons. The molecule has 2 N–H and O–H groups in total. The highest BCUT2D eigenvalue weighted by Gasteiger charge is 2.28. The average Bonchev–Trinajstić information content (AvgIpc) is 2.50. The van der Waals surface area contributed by atoms with Crippen molar-refractivity contribution >= 4 is 5.82 Å². The zero-order valence-corrected chi connectivity index (χ0v) is 12.9. The van der Waals surface area contributed by atoms with Crippen LogP contribution in [0, 0.1) is 5.92 Å². The second-order valence-corrected chi connectivity index (χ2v) is 6.50. The van der Waals surface area contributed by atoms with Gasteiger partial charge < -0.3 is 15.4 Å². The molecule has 116 valence electrons. The molecule has 3 rings (SSSR count).